The van der Waals surface area contributed by atoms with E-state index >= 15 is 0 Å². The third-order valence-electron chi connectivity index (χ3n) is 5.58. The van der Waals surface area contributed by atoms with Gasteiger partial charge >= 0.3 is 11.9 Å². The van der Waals surface area contributed by atoms with Gasteiger partial charge in [0.25, 0.3) is 0 Å². The van der Waals surface area contributed by atoms with Crippen LogP contribution in [-0.4, -0.2) is 49.9 Å². The standard InChI is InChI=1S/C23H24FNO6/c1-2-28-23(27)22(26)25-10-9-19(15-3-5-17(24)6-4-15)16(12-25)13-29-18-7-8-20-21(11-18)31-14-30-20/h3-8,11,16,19H,2,9-10,12-14H2,1H3. The predicted octanol–water partition coefficient (Wildman–Crippen LogP) is 3.13. The van der Waals surface area contributed by atoms with Crippen molar-refractivity contribution in [3.8, 4) is 17.2 Å². The van der Waals surface area contributed by atoms with Crippen molar-refractivity contribution < 1.29 is 32.9 Å². The first-order valence-corrected chi connectivity index (χ1v) is 10.3. The van der Waals surface area contributed by atoms with Crippen molar-refractivity contribution in [2.45, 2.75) is 19.3 Å². The van der Waals surface area contributed by atoms with Crippen LogP contribution in [0.5, 0.6) is 17.2 Å². The zero-order valence-electron chi connectivity index (χ0n) is 17.2. The van der Waals surface area contributed by atoms with Crippen molar-refractivity contribution in [3.05, 3.63) is 53.8 Å². The lowest BCUT2D eigenvalue weighted by Crippen LogP contribution is -2.47. The number of esters is 1. The van der Waals surface area contributed by atoms with Gasteiger partial charge in [0.05, 0.1) is 13.2 Å². The van der Waals surface area contributed by atoms with E-state index in [9.17, 15) is 14.0 Å². The molecule has 2 unspecified atom stereocenters. The maximum absolute atomic E-state index is 13.4. The van der Waals surface area contributed by atoms with E-state index < -0.39 is 11.9 Å². The minimum absolute atomic E-state index is 0.0563. The summed E-state index contributed by atoms with van der Waals surface area (Å²) in [6, 6.07) is 11.7. The number of hydrogen-bond acceptors (Lipinski definition) is 6. The van der Waals surface area contributed by atoms with E-state index in [0.717, 1.165) is 5.56 Å². The molecule has 0 aromatic heterocycles. The van der Waals surface area contributed by atoms with Crippen LogP contribution in [0.1, 0.15) is 24.8 Å². The molecule has 0 aliphatic carbocycles. The number of amides is 1. The highest BCUT2D eigenvalue weighted by molar-refractivity contribution is 6.32. The maximum atomic E-state index is 13.4. The molecule has 0 radical (unpaired) electrons. The van der Waals surface area contributed by atoms with Gasteiger partial charge in [-0.05, 0) is 49.1 Å². The molecule has 2 aromatic rings. The largest absolute Gasteiger partial charge is 0.493 e. The Hall–Kier alpha value is -3.29. The first kappa shape index (κ1) is 21.0. The molecule has 0 saturated carbocycles. The monoisotopic (exact) mass is 429 g/mol. The van der Waals surface area contributed by atoms with E-state index in [0.29, 0.717) is 43.4 Å². The molecule has 1 fully saturated rings. The highest BCUT2D eigenvalue weighted by Gasteiger charge is 2.35. The molecule has 1 amide bonds. The minimum Gasteiger partial charge on any atom is -0.493 e. The number of nitrogens with zero attached hydrogens (tertiary/aromatic N) is 1. The van der Waals surface area contributed by atoms with Gasteiger partial charge in [0.15, 0.2) is 11.5 Å². The third-order valence-corrected chi connectivity index (χ3v) is 5.58. The summed E-state index contributed by atoms with van der Waals surface area (Å²) in [5.74, 6) is 0.0769. The van der Waals surface area contributed by atoms with Crippen LogP contribution in [0.4, 0.5) is 4.39 Å². The van der Waals surface area contributed by atoms with E-state index in [2.05, 4.69) is 0 Å². The van der Waals surface area contributed by atoms with Crippen LogP contribution in [0, 0.1) is 11.7 Å². The zero-order valence-corrected chi connectivity index (χ0v) is 17.2. The lowest BCUT2D eigenvalue weighted by molar-refractivity contribution is -0.161. The summed E-state index contributed by atoms with van der Waals surface area (Å²) in [6.45, 7) is 3.05. The fraction of sp³-hybridized carbons (Fsp3) is 0.391. The molecule has 7 nitrogen and oxygen atoms in total. The van der Waals surface area contributed by atoms with Crippen LogP contribution in [-0.2, 0) is 14.3 Å². The Kier molecular flexibility index (Phi) is 6.25. The van der Waals surface area contributed by atoms with Crippen molar-refractivity contribution in [2.24, 2.45) is 5.92 Å². The average molecular weight is 429 g/mol. The maximum Gasteiger partial charge on any atom is 0.397 e. The van der Waals surface area contributed by atoms with Gasteiger partial charge in [-0.3, -0.25) is 4.79 Å². The number of halogens is 1. The second-order valence-corrected chi connectivity index (χ2v) is 7.50. The average Bonchev–Trinajstić information content (AvgIpc) is 3.26. The molecule has 2 atom stereocenters. The van der Waals surface area contributed by atoms with Gasteiger partial charge in [0.2, 0.25) is 6.79 Å². The van der Waals surface area contributed by atoms with E-state index in [4.69, 9.17) is 18.9 Å². The van der Waals surface area contributed by atoms with Crippen LogP contribution in [0.2, 0.25) is 0 Å². The number of rotatable bonds is 5. The molecule has 31 heavy (non-hydrogen) atoms. The molecular formula is C23H24FNO6. The van der Waals surface area contributed by atoms with Gasteiger partial charge in [0, 0.05) is 25.1 Å². The van der Waals surface area contributed by atoms with Crippen LogP contribution in [0.25, 0.3) is 0 Å². The molecule has 2 aromatic carbocycles. The lowest BCUT2D eigenvalue weighted by Gasteiger charge is -2.38. The fourth-order valence-corrected chi connectivity index (χ4v) is 4.03. The van der Waals surface area contributed by atoms with Crippen molar-refractivity contribution >= 4 is 11.9 Å². The summed E-state index contributed by atoms with van der Waals surface area (Å²) >= 11 is 0. The van der Waals surface area contributed by atoms with Crippen molar-refractivity contribution in [2.75, 3.05) is 33.1 Å². The first-order valence-electron chi connectivity index (χ1n) is 10.3. The summed E-state index contributed by atoms with van der Waals surface area (Å²) in [6.07, 6.45) is 0.631. The molecule has 8 heteroatoms. The van der Waals surface area contributed by atoms with Crippen LogP contribution < -0.4 is 14.2 Å². The Morgan fingerprint density at radius 3 is 2.68 bits per heavy atom. The Bertz CT molecular complexity index is 948. The number of carbonyl (C=O) groups excluding carboxylic acids is 2. The lowest BCUT2D eigenvalue weighted by atomic mass is 9.80. The van der Waals surface area contributed by atoms with E-state index in [1.54, 1.807) is 37.3 Å². The number of fused-ring (bicyclic) bond motifs is 1. The molecule has 0 spiro atoms. The molecule has 1 saturated heterocycles. The second-order valence-electron chi connectivity index (χ2n) is 7.50. The first-order chi connectivity index (χ1) is 15.0. The van der Waals surface area contributed by atoms with Gasteiger partial charge in [0.1, 0.15) is 11.6 Å². The predicted molar refractivity (Wildman–Crippen MR) is 109 cm³/mol. The Labute approximate surface area is 179 Å². The highest BCUT2D eigenvalue weighted by Crippen LogP contribution is 2.37. The number of benzene rings is 2. The van der Waals surface area contributed by atoms with Crippen LogP contribution in [0.15, 0.2) is 42.5 Å². The van der Waals surface area contributed by atoms with E-state index in [1.165, 1.54) is 17.0 Å². The summed E-state index contributed by atoms with van der Waals surface area (Å²) in [5.41, 5.74) is 0.976. The van der Waals surface area contributed by atoms with E-state index in [1.807, 2.05) is 0 Å². The second kappa shape index (κ2) is 9.24. The number of carbonyl (C=O) groups is 2. The Balaban J connectivity index is 1.49. The summed E-state index contributed by atoms with van der Waals surface area (Å²) in [7, 11) is 0. The fourth-order valence-electron chi connectivity index (χ4n) is 4.03. The molecule has 4 rings (SSSR count). The van der Waals surface area contributed by atoms with Gasteiger partial charge in [-0.2, -0.15) is 0 Å². The van der Waals surface area contributed by atoms with Gasteiger partial charge in [-0.1, -0.05) is 12.1 Å². The number of ether oxygens (including phenoxy) is 4. The molecular weight excluding hydrogens is 405 g/mol. The highest BCUT2D eigenvalue weighted by atomic mass is 19.1. The molecule has 164 valence electrons. The summed E-state index contributed by atoms with van der Waals surface area (Å²) in [5, 5.41) is 0. The van der Waals surface area contributed by atoms with Gasteiger partial charge < -0.3 is 23.8 Å². The van der Waals surface area contributed by atoms with Crippen LogP contribution >= 0.6 is 0 Å². The van der Waals surface area contributed by atoms with Crippen molar-refractivity contribution in [1.29, 1.82) is 0 Å². The third kappa shape index (κ3) is 4.73. The summed E-state index contributed by atoms with van der Waals surface area (Å²) < 4.78 is 35.0. The normalized spacial score (nSPS) is 19.7. The molecule has 2 aliphatic rings. The SMILES string of the molecule is CCOC(=O)C(=O)N1CCC(c2ccc(F)cc2)C(COc2ccc3c(c2)OCO3)C1. The van der Waals surface area contributed by atoms with Crippen molar-refractivity contribution in [1.82, 2.24) is 4.90 Å². The quantitative estimate of drug-likeness (QED) is 0.537. The summed E-state index contributed by atoms with van der Waals surface area (Å²) in [4.78, 5) is 25.9. The van der Waals surface area contributed by atoms with Crippen molar-refractivity contribution in [3.63, 3.8) is 0 Å². The minimum atomic E-state index is -0.849. The number of hydrogen-bond donors (Lipinski definition) is 0. The Morgan fingerprint density at radius 2 is 1.90 bits per heavy atom. The molecule has 2 heterocycles. The van der Waals surface area contributed by atoms with Gasteiger partial charge in [-0.15, -0.1) is 0 Å². The smallest absolute Gasteiger partial charge is 0.397 e. The number of likely N-dealkylation sites (tertiary alicyclic amines) is 1. The number of piperidine rings is 1. The molecule has 2 aliphatic heterocycles. The topological polar surface area (TPSA) is 74.3 Å². The van der Waals surface area contributed by atoms with Crippen LogP contribution in [0.3, 0.4) is 0 Å². The Morgan fingerprint density at radius 1 is 1.13 bits per heavy atom. The van der Waals surface area contributed by atoms with E-state index in [-0.39, 0.29) is 31.1 Å². The zero-order chi connectivity index (χ0) is 21.8. The molecule has 0 bridgehead atoms. The molecule has 0 N–H and O–H groups in total. The van der Waals surface area contributed by atoms with Gasteiger partial charge in [-0.25, -0.2) is 9.18 Å².